The maximum Gasteiger partial charge on any atom is 0.259 e. The molecular formula is C59H54N12O7. The number of aliphatic hydroxyl groups is 1. The van der Waals surface area contributed by atoms with E-state index in [1.54, 1.807) is 77.4 Å². The molecule has 4 N–H and O–H groups in total. The summed E-state index contributed by atoms with van der Waals surface area (Å²) in [5.74, 6) is 0.323. The second-order valence-electron chi connectivity index (χ2n) is 20.9. The number of aromatic nitrogens is 9. The van der Waals surface area contributed by atoms with E-state index >= 15 is 4.79 Å². The molecule has 392 valence electrons. The van der Waals surface area contributed by atoms with Crippen molar-refractivity contribution in [1.82, 2.24) is 43.6 Å². The van der Waals surface area contributed by atoms with Gasteiger partial charge in [0, 0.05) is 147 Å². The third-order valence-corrected chi connectivity index (χ3v) is 15.0. The van der Waals surface area contributed by atoms with Crippen LogP contribution in [0.4, 0.5) is 17.5 Å². The Balaban J connectivity index is 0.974. The maximum atomic E-state index is 15.6. The Hall–Kier alpha value is -9.10. The van der Waals surface area contributed by atoms with Crippen LogP contribution in [0.25, 0.3) is 66.1 Å². The van der Waals surface area contributed by atoms with Crippen molar-refractivity contribution < 1.29 is 19.5 Å². The second-order valence-corrected chi connectivity index (χ2v) is 20.9. The number of nitrogens with one attached hydrogen (secondary N) is 3. The molecule has 19 nitrogen and oxygen atoms in total. The molecule has 0 aromatic carbocycles. The van der Waals surface area contributed by atoms with Crippen LogP contribution >= 0.6 is 0 Å². The topological polar surface area (TPSA) is 251 Å². The lowest BCUT2D eigenvalue weighted by Crippen LogP contribution is -2.26. The molecule has 9 aromatic heterocycles. The maximum absolute atomic E-state index is 15.6. The van der Waals surface area contributed by atoms with Crippen LogP contribution in [-0.2, 0) is 47.5 Å². The molecular weight excluding hydrogens is 989 g/mol. The molecule has 0 unspecified atom stereocenters. The molecule has 3 aliphatic rings. The SMILES string of the molecule is Cc1cc(CCn2c(=O)c(-c3ccc(C)nc3C)cc3cnc(NC(=O)C4CC4)cc32)c(-c2cc3cnc(NC(=O)C4CC4)cc3n(Cc3cc(CO)ncc3-c3cc4cnc(NC(=O)C5CC5)cc4n(C)c3=O)c2=O)cn1. The number of hydrogen-bond acceptors (Lipinski definition) is 13. The molecule has 3 saturated carbocycles. The van der Waals surface area contributed by atoms with Crippen LogP contribution in [-0.4, -0.2) is 66.4 Å². The van der Waals surface area contributed by atoms with Crippen LogP contribution < -0.4 is 32.6 Å². The molecule has 0 aliphatic heterocycles. The summed E-state index contributed by atoms with van der Waals surface area (Å²) in [5, 5.41) is 21.0. The van der Waals surface area contributed by atoms with Crippen molar-refractivity contribution in [2.45, 2.75) is 85.4 Å². The summed E-state index contributed by atoms with van der Waals surface area (Å²) >= 11 is 0. The van der Waals surface area contributed by atoms with E-state index in [0.717, 1.165) is 49.8 Å². The highest BCUT2D eigenvalue weighted by molar-refractivity contribution is 5.97. The van der Waals surface area contributed by atoms with Crippen molar-refractivity contribution in [3.8, 4) is 33.4 Å². The molecule has 9 aromatic rings. The van der Waals surface area contributed by atoms with Gasteiger partial charge in [-0.05, 0) is 113 Å². The Morgan fingerprint density at radius 3 is 1.56 bits per heavy atom. The van der Waals surface area contributed by atoms with Crippen molar-refractivity contribution in [3.63, 3.8) is 0 Å². The Bertz CT molecular complexity index is 4210. The minimum Gasteiger partial charge on any atom is -0.390 e. The number of anilines is 3. The van der Waals surface area contributed by atoms with Crippen LogP contribution in [0.3, 0.4) is 0 Å². The molecule has 0 radical (unpaired) electrons. The highest BCUT2D eigenvalue weighted by Crippen LogP contribution is 2.35. The van der Waals surface area contributed by atoms with Crippen molar-refractivity contribution in [1.29, 1.82) is 0 Å². The fraction of sp³-hybridized carbons (Fsp3) is 0.288. The molecule has 3 amide bonds. The largest absolute Gasteiger partial charge is 0.390 e. The van der Waals surface area contributed by atoms with Gasteiger partial charge in [0.2, 0.25) is 17.7 Å². The van der Waals surface area contributed by atoms with Gasteiger partial charge in [0.25, 0.3) is 16.7 Å². The molecule has 3 aliphatic carbocycles. The van der Waals surface area contributed by atoms with Gasteiger partial charge in [0.1, 0.15) is 17.5 Å². The summed E-state index contributed by atoms with van der Waals surface area (Å²) in [5.41, 5.74) is 6.74. The number of aryl methyl sites for hydroxylation is 6. The number of rotatable bonds is 15. The molecule has 9 heterocycles. The van der Waals surface area contributed by atoms with Gasteiger partial charge in [-0.25, -0.2) is 15.0 Å². The molecule has 0 bridgehead atoms. The summed E-state index contributed by atoms with van der Waals surface area (Å²) in [7, 11) is 1.64. The van der Waals surface area contributed by atoms with Gasteiger partial charge in [-0.1, -0.05) is 6.07 Å². The predicted octanol–water partition coefficient (Wildman–Crippen LogP) is 7.29. The highest BCUT2D eigenvalue weighted by Gasteiger charge is 2.32. The van der Waals surface area contributed by atoms with E-state index in [1.165, 1.54) is 10.8 Å². The van der Waals surface area contributed by atoms with Gasteiger partial charge in [-0.15, -0.1) is 0 Å². The molecule has 0 saturated heterocycles. The number of aliphatic hydroxyl groups excluding tert-OH is 1. The summed E-state index contributed by atoms with van der Waals surface area (Å²) in [6, 6.07) is 17.6. The lowest BCUT2D eigenvalue weighted by molar-refractivity contribution is -0.118. The van der Waals surface area contributed by atoms with Crippen molar-refractivity contribution >= 4 is 67.9 Å². The van der Waals surface area contributed by atoms with Crippen LogP contribution in [0, 0.1) is 38.5 Å². The number of amides is 3. The molecule has 0 spiro atoms. The van der Waals surface area contributed by atoms with Crippen molar-refractivity contribution in [3.05, 3.63) is 157 Å². The van der Waals surface area contributed by atoms with E-state index in [9.17, 15) is 29.1 Å². The van der Waals surface area contributed by atoms with E-state index in [-0.39, 0.29) is 83.0 Å². The van der Waals surface area contributed by atoms with Gasteiger partial charge < -0.3 is 34.8 Å². The monoisotopic (exact) mass is 1040 g/mol. The number of carbonyl (C=O) groups is 3. The van der Waals surface area contributed by atoms with Gasteiger partial charge in [0.05, 0.1) is 35.4 Å². The van der Waals surface area contributed by atoms with Gasteiger partial charge in [-0.3, -0.25) is 43.7 Å². The first-order valence-corrected chi connectivity index (χ1v) is 26.2. The number of pyridine rings is 9. The second kappa shape index (κ2) is 19.8. The number of nitrogens with zero attached hydrogens (tertiary/aromatic N) is 9. The summed E-state index contributed by atoms with van der Waals surface area (Å²) < 4.78 is 4.73. The van der Waals surface area contributed by atoms with Crippen molar-refractivity contribution in [2.24, 2.45) is 24.8 Å². The zero-order valence-electron chi connectivity index (χ0n) is 43.4. The number of fused-ring (bicyclic) bond motifs is 3. The fourth-order valence-corrected chi connectivity index (χ4v) is 10.2. The molecule has 3 fully saturated rings. The molecule has 78 heavy (non-hydrogen) atoms. The number of hydrogen-bond donors (Lipinski definition) is 4. The quantitative estimate of drug-likeness (QED) is 0.0788. The number of carbonyl (C=O) groups excluding carboxylic acids is 3. The minimum absolute atomic E-state index is 0.0391. The van der Waals surface area contributed by atoms with Gasteiger partial charge in [-0.2, -0.15) is 0 Å². The standard InChI is InChI=1S/C59H54N12O7/c1-30-5-12-42(32(3)65-30)43-18-38-24-63-52(67-55(74)34-8-9-34)21-49(38)70(58(43)77)14-13-36-15-31(2)60-26-46(36)45-19-39-25-64-53(68-56(75)35-10-11-35)22-50(39)71(59(45)78)28-40-16-41(29-72)61-27-47(40)44-17-37-23-62-51(66-54(73)33-6-7-33)20-48(37)69(4)57(44)76/h5,12,15-27,33-35,72H,6-11,13-14,28-29H2,1-4H3,(H,62,66,73)(H,63,67,74)(H,64,68,75). The zero-order valence-corrected chi connectivity index (χ0v) is 43.4. The summed E-state index contributed by atoms with van der Waals surface area (Å²) in [6.07, 6.45) is 13.1. The Morgan fingerprint density at radius 2 is 1.01 bits per heavy atom. The van der Waals surface area contributed by atoms with E-state index in [0.29, 0.717) is 89.2 Å². The molecule has 0 atom stereocenters. The normalized spacial score (nSPS) is 14.3. The Morgan fingerprint density at radius 1 is 0.526 bits per heavy atom. The zero-order chi connectivity index (χ0) is 54.1. The molecule has 12 rings (SSSR count). The van der Waals surface area contributed by atoms with E-state index < -0.39 is 12.2 Å². The van der Waals surface area contributed by atoms with E-state index in [4.69, 9.17) is 0 Å². The fourth-order valence-electron chi connectivity index (χ4n) is 10.2. The van der Waals surface area contributed by atoms with Crippen molar-refractivity contribution in [2.75, 3.05) is 16.0 Å². The van der Waals surface area contributed by atoms with Crippen LogP contribution in [0.5, 0.6) is 0 Å². The lowest BCUT2D eigenvalue weighted by atomic mass is 9.97. The first-order chi connectivity index (χ1) is 37.7. The average molecular weight is 1040 g/mol. The van der Waals surface area contributed by atoms with Crippen LogP contribution in [0.1, 0.15) is 72.4 Å². The Labute approximate surface area is 445 Å². The van der Waals surface area contributed by atoms with Gasteiger partial charge >= 0.3 is 0 Å². The van der Waals surface area contributed by atoms with E-state index in [1.807, 2.05) is 45.0 Å². The predicted molar refractivity (Wildman–Crippen MR) is 296 cm³/mol. The van der Waals surface area contributed by atoms with Crippen LogP contribution in [0.15, 0.2) is 106 Å². The lowest BCUT2D eigenvalue weighted by Gasteiger charge is -2.19. The first-order valence-electron chi connectivity index (χ1n) is 26.2. The smallest absolute Gasteiger partial charge is 0.259 e. The molecule has 19 heteroatoms. The third kappa shape index (κ3) is 9.72. The highest BCUT2D eigenvalue weighted by atomic mass is 16.3. The summed E-state index contributed by atoms with van der Waals surface area (Å²) in [4.78, 5) is 111. The average Bonchev–Trinajstić information content (AvgIpc) is 4.34. The first kappa shape index (κ1) is 49.8. The van der Waals surface area contributed by atoms with E-state index in [2.05, 4.69) is 45.9 Å². The summed E-state index contributed by atoms with van der Waals surface area (Å²) in [6.45, 7) is 5.22. The van der Waals surface area contributed by atoms with Gasteiger partial charge in [0.15, 0.2) is 0 Å². The third-order valence-electron chi connectivity index (χ3n) is 15.0. The minimum atomic E-state index is -0.432. The van der Waals surface area contributed by atoms with Crippen LogP contribution in [0.2, 0.25) is 0 Å². The Kier molecular flexibility index (Phi) is 12.6.